The Morgan fingerprint density at radius 3 is 2.87 bits per heavy atom. The van der Waals surface area contributed by atoms with Gasteiger partial charge in [-0.3, -0.25) is 9.69 Å². The number of nitrogens with zero attached hydrogens (tertiary/aromatic N) is 2. The topological polar surface area (TPSA) is 109 Å². The summed E-state index contributed by atoms with van der Waals surface area (Å²) in [5.41, 5.74) is -0.390. The van der Waals surface area contributed by atoms with E-state index in [1.165, 1.54) is 0 Å². The molecule has 0 aromatic heterocycles. The van der Waals surface area contributed by atoms with Crippen LogP contribution in [0.1, 0.15) is 32.3 Å². The van der Waals surface area contributed by atoms with E-state index in [9.17, 15) is 18.5 Å². The molecule has 0 radical (unpaired) electrons. The number of amides is 1. The first-order valence-electron chi connectivity index (χ1n) is 10.0. The third-order valence-corrected chi connectivity index (χ3v) is 9.24. The lowest BCUT2D eigenvalue weighted by atomic mass is 9.64. The molecule has 4 aliphatic rings. The molecule has 2 bridgehead atoms. The summed E-state index contributed by atoms with van der Waals surface area (Å²) < 4.78 is 40.5. The van der Waals surface area contributed by atoms with Crippen molar-refractivity contribution in [3.63, 3.8) is 0 Å². The highest BCUT2D eigenvalue weighted by atomic mass is 79.9. The summed E-state index contributed by atoms with van der Waals surface area (Å²) in [6.45, 7) is 3.87. The summed E-state index contributed by atoms with van der Waals surface area (Å²) in [5, 5.41) is 9.20. The number of fused-ring (bicyclic) bond motifs is 2. The van der Waals surface area contributed by atoms with Crippen molar-refractivity contribution in [2.75, 3.05) is 17.3 Å². The molecule has 1 amide bonds. The van der Waals surface area contributed by atoms with Crippen molar-refractivity contribution >= 4 is 37.5 Å². The lowest BCUT2D eigenvalue weighted by Gasteiger charge is -2.42. The summed E-state index contributed by atoms with van der Waals surface area (Å²) in [5.74, 6) is -0.824. The maximum atomic E-state index is 13.7. The molecule has 160 valence electrons. The van der Waals surface area contributed by atoms with E-state index in [0.717, 1.165) is 0 Å². The van der Waals surface area contributed by atoms with Gasteiger partial charge in [-0.25, -0.2) is 13.1 Å². The molecule has 1 spiro atoms. The van der Waals surface area contributed by atoms with Gasteiger partial charge in [0.25, 0.3) is 0 Å². The Hall–Kier alpha value is -1.51. The molecule has 1 N–H and O–H groups in total. The zero-order chi connectivity index (χ0) is 21.5. The molecule has 8 nitrogen and oxygen atoms in total. The molecule has 10 heteroatoms. The molecule has 4 fully saturated rings. The molecule has 1 aromatic carbocycles. The van der Waals surface area contributed by atoms with Crippen molar-refractivity contribution in [1.82, 2.24) is 4.72 Å². The van der Waals surface area contributed by atoms with Gasteiger partial charge in [0, 0.05) is 22.5 Å². The molecule has 0 unspecified atom stereocenters. The fourth-order valence-electron chi connectivity index (χ4n) is 5.83. The van der Waals surface area contributed by atoms with Crippen LogP contribution in [-0.2, 0) is 24.3 Å². The van der Waals surface area contributed by atoms with Crippen LogP contribution < -0.4 is 9.62 Å². The highest BCUT2D eigenvalue weighted by Crippen LogP contribution is 2.65. The first-order valence-corrected chi connectivity index (χ1v) is 12.4. The van der Waals surface area contributed by atoms with Crippen molar-refractivity contribution in [2.24, 2.45) is 11.8 Å². The fraction of sp³-hybridized carbons (Fsp3) is 0.600. The van der Waals surface area contributed by atoms with Gasteiger partial charge in [-0.2, -0.15) is 5.26 Å². The van der Waals surface area contributed by atoms with E-state index in [2.05, 4.69) is 26.7 Å². The highest BCUT2D eigenvalue weighted by molar-refractivity contribution is 9.10. The van der Waals surface area contributed by atoms with Crippen LogP contribution in [0, 0.1) is 23.2 Å². The van der Waals surface area contributed by atoms with E-state index in [-0.39, 0.29) is 17.6 Å². The molecule has 4 aliphatic heterocycles. The Labute approximate surface area is 183 Å². The van der Waals surface area contributed by atoms with Gasteiger partial charge in [-0.05, 0) is 54.4 Å². The second-order valence-corrected chi connectivity index (χ2v) is 11.5. The number of ether oxygens (including phenoxy) is 2. The van der Waals surface area contributed by atoms with Crippen LogP contribution in [-0.4, -0.2) is 50.2 Å². The highest BCUT2D eigenvalue weighted by Gasteiger charge is 2.78. The van der Waals surface area contributed by atoms with Crippen LogP contribution in [0.2, 0.25) is 0 Å². The zero-order valence-corrected chi connectivity index (χ0v) is 19.0. The summed E-state index contributed by atoms with van der Waals surface area (Å²) in [4.78, 5) is 15.3. The van der Waals surface area contributed by atoms with E-state index in [1.807, 2.05) is 6.92 Å². The minimum Gasteiger partial charge on any atom is -0.366 e. The van der Waals surface area contributed by atoms with Crippen molar-refractivity contribution in [3.05, 3.63) is 28.2 Å². The summed E-state index contributed by atoms with van der Waals surface area (Å²) >= 11 is 3.40. The molecular formula is C20H22BrN3O5S. The molecule has 4 heterocycles. The van der Waals surface area contributed by atoms with Crippen molar-refractivity contribution in [2.45, 2.75) is 50.2 Å². The number of anilines is 1. The summed E-state index contributed by atoms with van der Waals surface area (Å²) in [6, 6.07) is 6.81. The lowest BCUT2D eigenvalue weighted by Crippen LogP contribution is -2.58. The van der Waals surface area contributed by atoms with E-state index >= 15 is 0 Å². The minimum absolute atomic E-state index is 0.0221. The van der Waals surface area contributed by atoms with E-state index < -0.39 is 39.4 Å². The molecule has 6 atom stereocenters. The first kappa shape index (κ1) is 20.4. The van der Waals surface area contributed by atoms with Crippen molar-refractivity contribution in [3.8, 4) is 6.07 Å². The van der Waals surface area contributed by atoms with Gasteiger partial charge in [0.1, 0.15) is 12.3 Å². The van der Waals surface area contributed by atoms with Gasteiger partial charge in [-0.15, -0.1) is 0 Å². The normalized spacial score (nSPS) is 39.3. The summed E-state index contributed by atoms with van der Waals surface area (Å²) in [6.07, 6.45) is 0.687. The van der Waals surface area contributed by atoms with Gasteiger partial charge < -0.3 is 9.47 Å². The molecular weight excluding hydrogens is 474 g/mol. The first-order chi connectivity index (χ1) is 14.2. The maximum absolute atomic E-state index is 13.7. The number of hydrogen-bond acceptors (Lipinski definition) is 6. The number of rotatable bonds is 4. The summed E-state index contributed by atoms with van der Waals surface area (Å²) in [7, 11) is -3.44. The molecule has 0 aliphatic carbocycles. The van der Waals surface area contributed by atoms with E-state index in [4.69, 9.17) is 9.47 Å². The molecule has 5 rings (SSSR count). The SMILES string of the molecule is CCS(=O)(=O)N[C@H]1C[C@@]23CCO[C@H]4[C@@H]2[C@H](C(=O)N4c2ccc(C#N)c(Br)c2)[C@]1(C)O3. The Morgan fingerprint density at radius 2 is 2.20 bits per heavy atom. The predicted molar refractivity (Wildman–Crippen MR) is 111 cm³/mol. The molecule has 1 aromatic rings. The maximum Gasteiger partial charge on any atom is 0.235 e. The van der Waals surface area contributed by atoms with Gasteiger partial charge >= 0.3 is 0 Å². The number of nitriles is 1. The van der Waals surface area contributed by atoms with Crippen molar-refractivity contribution < 1.29 is 22.7 Å². The zero-order valence-electron chi connectivity index (χ0n) is 16.6. The van der Waals surface area contributed by atoms with Crippen LogP contribution in [0.5, 0.6) is 0 Å². The second kappa shape index (κ2) is 6.50. The number of halogens is 1. The van der Waals surface area contributed by atoms with Crippen LogP contribution in [0.25, 0.3) is 0 Å². The lowest BCUT2D eigenvalue weighted by molar-refractivity contribution is -0.139. The van der Waals surface area contributed by atoms with Gasteiger partial charge in [0.2, 0.25) is 15.9 Å². The fourth-order valence-corrected chi connectivity index (χ4v) is 7.20. The standard InChI is InChI=1S/C20H22BrN3O5S/c1-3-30(26,27)23-14-9-20-6-7-28-18-16(20)15(19(14,2)29-20)17(25)24(18)12-5-4-11(10-22)13(21)8-12/h4-5,8,14-16,18,23H,3,6-7,9H2,1-2H3/t14-,15+,16-,18-,19+,20-/m0/s1. The Balaban J connectivity index is 1.56. The van der Waals surface area contributed by atoms with Crippen LogP contribution in [0.15, 0.2) is 22.7 Å². The van der Waals surface area contributed by atoms with Crippen molar-refractivity contribution in [1.29, 1.82) is 5.26 Å². The van der Waals surface area contributed by atoms with E-state index in [0.29, 0.717) is 35.2 Å². The van der Waals surface area contributed by atoms with E-state index in [1.54, 1.807) is 30.0 Å². The number of carbonyl (C=O) groups is 1. The average Bonchev–Trinajstić information content (AvgIpc) is 3.25. The number of nitrogens with one attached hydrogen (secondary N) is 1. The predicted octanol–water partition coefficient (Wildman–Crippen LogP) is 1.89. The van der Waals surface area contributed by atoms with Gasteiger partial charge in [0.15, 0.2) is 0 Å². The third kappa shape index (κ3) is 2.59. The number of carbonyl (C=O) groups excluding carboxylic acids is 1. The average molecular weight is 496 g/mol. The van der Waals surface area contributed by atoms with Crippen LogP contribution in [0.4, 0.5) is 5.69 Å². The third-order valence-electron chi connectivity index (χ3n) is 7.18. The van der Waals surface area contributed by atoms with Gasteiger partial charge in [0.05, 0.1) is 41.1 Å². The Bertz CT molecular complexity index is 1090. The number of benzene rings is 1. The Kier molecular flexibility index (Phi) is 4.42. The monoisotopic (exact) mass is 495 g/mol. The molecule has 4 saturated heterocycles. The van der Waals surface area contributed by atoms with Crippen LogP contribution in [0.3, 0.4) is 0 Å². The number of sulfonamides is 1. The quantitative estimate of drug-likeness (QED) is 0.682. The molecule has 0 saturated carbocycles. The Morgan fingerprint density at radius 1 is 1.43 bits per heavy atom. The number of hydrogen-bond donors (Lipinski definition) is 1. The van der Waals surface area contributed by atoms with Crippen LogP contribution >= 0.6 is 15.9 Å². The smallest absolute Gasteiger partial charge is 0.235 e. The second-order valence-electron chi connectivity index (χ2n) is 8.63. The largest absolute Gasteiger partial charge is 0.366 e. The molecule has 30 heavy (non-hydrogen) atoms. The minimum atomic E-state index is -3.44. The van der Waals surface area contributed by atoms with Gasteiger partial charge in [-0.1, -0.05) is 0 Å².